The van der Waals surface area contributed by atoms with E-state index in [-0.39, 0.29) is 0 Å². The second-order valence-electron chi connectivity index (χ2n) is 8.10. The van der Waals surface area contributed by atoms with E-state index in [9.17, 15) is 0 Å². The monoisotopic (exact) mass is 363 g/mol. The minimum Gasteiger partial charge on any atom is -0.409 e. The van der Waals surface area contributed by atoms with Gasteiger partial charge in [0.15, 0.2) is 0 Å². The molecule has 4 aromatic carbocycles. The molecule has 0 unspecified atom stereocenters. The SMILES string of the molecule is B1OC(c2ccc3ccccc3c2)(c2ccc3ccccc3c2)[C@H]2CCCN12. The molecule has 0 saturated carbocycles. The number of nitrogens with zero attached hydrogens (tertiary/aromatic N) is 1. The molecule has 0 bridgehead atoms. The zero-order valence-corrected chi connectivity index (χ0v) is 15.8. The number of benzene rings is 4. The molecule has 0 radical (unpaired) electrons. The molecular formula is C25H22BNO. The minimum atomic E-state index is -0.398. The van der Waals surface area contributed by atoms with Gasteiger partial charge in [0.2, 0.25) is 0 Å². The molecule has 0 spiro atoms. The van der Waals surface area contributed by atoms with E-state index < -0.39 is 5.60 Å². The van der Waals surface area contributed by atoms with E-state index in [0.717, 1.165) is 6.54 Å². The lowest BCUT2D eigenvalue weighted by Crippen LogP contribution is -2.40. The van der Waals surface area contributed by atoms with Crippen LogP contribution >= 0.6 is 0 Å². The van der Waals surface area contributed by atoms with E-state index >= 15 is 0 Å². The summed E-state index contributed by atoms with van der Waals surface area (Å²) in [6.07, 6.45) is 2.43. The van der Waals surface area contributed by atoms with Gasteiger partial charge in [-0.1, -0.05) is 72.8 Å². The van der Waals surface area contributed by atoms with Crippen LogP contribution in [0.25, 0.3) is 21.5 Å². The van der Waals surface area contributed by atoms with Crippen molar-refractivity contribution in [2.45, 2.75) is 24.5 Å². The summed E-state index contributed by atoms with van der Waals surface area (Å²) in [5.41, 5.74) is 2.15. The first-order valence-corrected chi connectivity index (χ1v) is 10.2. The predicted octanol–water partition coefficient (Wildman–Crippen LogP) is 5.00. The molecule has 2 nitrogen and oxygen atoms in total. The molecule has 0 aliphatic carbocycles. The van der Waals surface area contributed by atoms with Crippen LogP contribution in [0, 0.1) is 0 Å². The maximum Gasteiger partial charge on any atom is 0.364 e. The highest BCUT2D eigenvalue weighted by atomic mass is 16.5. The third-order valence-corrected chi connectivity index (χ3v) is 6.65. The van der Waals surface area contributed by atoms with Crippen molar-refractivity contribution in [3.63, 3.8) is 0 Å². The maximum atomic E-state index is 6.70. The molecule has 28 heavy (non-hydrogen) atoms. The van der Waals surface area contributed by atoms with Crippen molar-refractivity contribution < 1.29 is 4.65 Å². The molecule has 6 rings (SSSR count). The van der Waals surface area contributed by atoms with Gasteiger partial charge in [0.25, 0.3) is 0 Å². The average Bonchev–Trinajstić information content (AvgIpc) is 3.36. The first-order valence-electron chi connectivity index (χ1n) is 10.2. The van der Waals surface area contributed by atoms with Crippen molar-refractivity contribution in [1.29, 1.82) is 0 Å². The number of hydrogen-bond acceptors (Lipinski definition) is 2. The highest BCUT2D eigenvalue weighted by Crippen LogP contribution is 2.47. The van der Waals surface area contributed by atoms with Crippen LogP contribution in [-0.4, -0.2) is 25.0 Å². The number of hydrogen-bond donors (Lipinski definition) is 0. The fourth-order valence-electron chi connectivity index (χ4n) is 5.28. The van der Waals surface area contributed by atoms with E-state index in [1.807, 2.05) is 0 Å². The topological polar surface area (TPSA) is 12.5 Å². The summed E-state index contributed by atoms with van der Waals surface area (Å²) in [5.74, 6) is 0. The van der Waals surface area contributed by atoms with Gasteiger partial charge in [-0.2, -0.15) is 0 Å². The zero-order valence-electron chi connectivity index (χ0n) is 15.8. The van der Waals surface area contributed by atoms with Gasteiger partial charge in [0, 0.05) is 6.04 Å². The van der Waals surface area contributed by atoms with Gasteiger partial charge in [-0.05, 0) is 64.2 Å². The molecule has 0 amide bonds. The summed E-state index contributed by atoms with van der Waals surface area (Å²) in [4.78, 5) is 2.52. The lowest BCUT2D eigenvalue weighted by molar-refractivity contribution is 0.109. The predicted molar refractivity (Wildman–Crippen MR) is 117 cm³/mol. The largest absolute Gasteiger partial charge is 0.409 e. The molecule has 2 heterocycles. The lowest BCUT2D eigenvalue weighted by Gasteiger charge is -2.36. The molecule has 2 aliphatic heterocycles. The van der Waals surface area contributed by atoms with Gasteiger partial charge in [-0.15, -0.1) is 0 Å². The molecular weight excluding hydrogens is 341 g/mol. The Morgan fingerprint density at radius 1 is 0.750 bits per heavy atom. The molecule has 2 aliphatic rings. The van der Waals surface area contributed by atoms with E-state index in [1.165, 1.54) is 45.5 Å². The molecule has 136 valence electrons. The fourth-order valence-corrected chi connectivity index (χ4v) is 5.28. The lowest BCUT2D eigenvalue weighted by atomic mass is 9.78. The molecule has 0 aromatic heterocycles. The third-order valence-electron chi connectivity index (χ3n) is 6.65. The Kier molecular flexibility index (Phi) is 3.62. The second kappa shape index (κ2) is 6.20. The van der Waals surface area contributed by atoms with Gasteiger partial charge in [-0.25, -0.2) is 0 Å². The second-order valence-corrected chi connectivity index (χ2v) is 8.10. The summed E-state index contributed by atoms with van der Waals surface area (Å²) < 4.78 is 6.70. The zero-order chi connectivity index (χ0) is 18.6. The van der Waals surface area contributed by atoms with Crippen molar-refractivity contribution in [2.24, 2.45) is 0 Å². The van der Waals surface area contributed by atoms with E-state index in [4.69, 9.17) is 4.65 Å². The molecule has 2 fully saturated rings. The summed E-state index contributed by atoms with van der Waals surface area (Å²) >= 11 is 0. The van der Waals surface area contributed by atoms with Crippen molar-refractivity contribution in [2.75, 3.05) is 6.54 Å². The van der Waals surface area contributed by atoms with Crippen LogP contribution in [0.4, 0.5) is 0 Å². The quantitative estimate of drug-likeness (QED) is 0.465. The Labute approximate surface area is 166 Å². The Bertz CT molecular complexity index is 1110. The Morgan fingerprint density at radius 3 is 1.93 bits per heavy atom. The van der Waals surface area contributed by atoms with Crippen LogP contribution in [0.15, 0.2) is 84.9 Å². The first kappa shape index (κ1) is 16.3. The van der Waals surface area contributed by atoms with E-state index in [0.29, 0.717) is 13.7 Å². The van der Waals surface area contributed by atoms with E-state index in [1.54, 1.807) is 0 Å². The summed E-state index contributed by atoms with van der Waals surface area (Å²) in [7, 11) is 0.713. The third kappa shape index (κ3) is 2.30. The average molecular weight is 363 g/mol. The Morgan fingerprint density at radius 2 is 1.32 bits per heavy atom. The van der Waals surface area contributed by atoms with Gasteiger partial charge in [0.05, 0.1) is 0 Å². The molecule has 4 aromatic rings. The van der Waals surface area contributed by atoms with Crippen LogP contribution in [0.5, 0.6) is 0 Å². The highest BCUT2D eigenvalue weighted by molar-refractivity contribution is 6.25. The first-order chi connectivity index (χ1) is 13.8. The maximum absolute atomic E-state index is 6.70. The van der Waals surface area contributed by atoms with Gasteiger partial charge in [0.1, 0.15) is 5.60 Å². The summed E-state index contributed by atoms with van der Waals surface area (Å²) in [6.45, 7) is 1.13. The van der Waals surface area contributed by atoms with Gasteiger partial charge >= 0.3 is 7.62 Å². The highest BCUT2D eigenvalue weighted by Gasteiger charge is 2.53. The minimum absolute atomic E-state index is 0.398. The van der Waals surface area contributed by atoms with Gasteiger partial charge < -0.3 is 9.47 Å². The van der Waals surface area contributed by atoms with Crippen LogP contribution in [-0.2, 0) is 10.3 Å². The van der Waals surface area contributed by atoms with E-state index in [2.05, 4.69) is 89.7 Å². The molecule has 0 N–H and O–H groups in total. The van der Waals surface area contributed by atoms with Crippen LogP contribution < -0.4 is 0 Å². The van der Waals surface area contributed by atoms with Crippen LogP contribution in [0.2, 0.25) is 0 Å². The molecule has 1 atom stereocenters. The van der Waals surface area contributed by atoms with Crippen molar-refractivity contribution >= 4 is 29.2 Å². The number of rotatable bonds is 2. The van der Waals surface area contributed by atoms with Crippen LogP contribution in [0.1, 0.15) is 24.0 Å². The Balaban J connectivity index is 1.60. The number of fused-ring (bicyclic) bond motifs is 3. The van der Waals surface area contributed by atoms with Crippen LogP contribution in [0.3, 0.4) is 0 Å². The van der Waals surface area contributed by atoms with Gasteiger partial charge in [-0.3, -0.25) is 0 Å². The normalized spacial score (nSPS) is 21.1. The summed E-state index contributed by atoms with van der Waals surface area (Å²) in [6, 6.07) is 31.3. The Hall–Kier alpha value is -2.62. The molecule has 3 heteroatoms. The summed E-state index contributed by atoms with van der Waals surface area (Å²) in [5, 5.41) is 5.11. The van der Waals surface area contributed by atoms with Crippen molar-refractivity contribution in [3.05, 3.63) is 96.1 Å². The van der Waals surface area contributed by atoms with Crippen molar-refractivity contribution in [1.82, 2.24) is 4.81 Å². The molecule has 2 saturated heterocycles. The fraction of sp³-hybridized carbons (Fsp3) is 0.200. The standard InChI is InChI=1S/C25H22BNO/c1-3-8-20-16-22(13-11-18(20)6-1)25(24-10-5-15-27(24)26-28-25)23-14-12-19-7-2-4-9-21(19)17-23/h1-4,6-9,11-14,16-17,24,26H,5,10,15H2/t24-/m1/s1. The smallest absolute Gasteiger partial charge is 0.364 e. The van der Waals surface area contributed by atoms with Crippen molar-refractivity contribution in [3.8, 4) is 0 Å².